The van der Waals surface area contributed by atoms with Crippen LogP contribution in [0.3, 0.4) is 0 Å². The maximum atomic E-state index is 9.00. The van der Waals surface area contributed by atoms with Gasteiger partial charge < -0.3 is 5.73 Å². The molecular weight excluding hydrogens is 302 g/mol. The quantitative estimate of drug-likeness (QED) is 0.776. The number of nitrogens with zero attached hydrogens (tertiary/aromatic N) is 2. The van der Waals surface area contributed by atoms with Crippen molar-refractivity contribution < 1.29 is 0 Å². The predicted molar refractivity (Wildman–Crippen MR) is 96.3 cm³/mol. The molecule has 0 saturated heterocycles. The SMILES string of the molecule is CC(C)(CN)Cc1ccc2scnc2c1-c1ccc(C#N)cc1. The van der Waals surface area contributed by atoms with Gasteiger partial charge in [0.05, 0.1) is 27.4 Å². The smallest absolute Gasteiger partial charge is 0.0991 e. The third-order valence-electron chi connectivity index (χ3n) is 4.11. The minimum Gasteiger partial charge on any atom is -0.330 e. The maximum Gasteiger partial charge on any atom is 0.0991 e. The Morgan fingerprint density at radius 3 is 2.57 bits per heavy atom. The normalized spacial score (nSPS) is 11.6. The van der Waals surface area contributed by atoms with E-state index in [4.69, 9.17) is 11.0 Å². The number of benzene rings is 2. The van der Waals surface area contributed by atoms with Crippen molar-refractivity contribution in [3.8, 4) is 17.2 Å². The Morgan fingerprint density at radius 2 is 1.91 bits per heavy atom. The monoisotopic (exact) mass is 321 g/mol. The van der Waals surface area contributed by atoms with Crippen LogP contribution >= 0.6 is 11.3 Å². The molecule has 0 aliphatic heterocycles. The van der Waals surface area contributed by atoms with Gasteiger partial charge in [0, 0.05) is 5.56 Å². The lowest BCUT2D eigenvalue weighted by Crippen LogP contribution is -2.26. The van der Waals surface area contributed by atoms with E-state index in [2.05, 4.69) is 37.0 Å². The molecule has 0 bridgehead atoms. The molecule has 3 nitrogen and oxygen atoms in total. The molecule has 0 saturated carbocycles. The highest BCUT2D eigenvalue weighted by Crippen LogP contribution is 2.36. The molecule has 0 radical (unpaired) electrons. The van der Waals surface area contributed by atoms with Gasteiger partial charge >= 0.3 is 0 Å². The number of nitrogens with two attached hydrogens (primary N) is 1. The first kappa shape index (κ1) is 15.7. The fourth-order valence-corrected chi connectivity index (χ4v) is 3.43. The lowest BCUT2D eigenvalue weighted by atomic mass is 9.83. The van der Waals surface area contributed by atoms with E-state index in [0.29, 0.717) is 12.1 Å². The molecule has 0 aliphatic rings. The van der Waals surface area contributed by atoms with Gasteiger partial charge in [0.2, 0.25) is 0 Å². The Morgan fingerprint density at radius 1 is 1.17 bits per heavy atom. The lowest BCUT2D eigenvalue weighted by molar-refractivity contribution is 0.377. The number of aromatic nitrogens is 1. The summed E-state index contributed by atoms with van der Waals surface area (Å²) < 4.78 is 1.18. The third kappa shape index (κ3) is 3.12. The van der Waals surface area contributed by atoms with Gasteiger partial charge in [-0.1, -0.05) is 32.0 Å². The molecule has 23 heavy (non-hydrogen) atoms. The number of fused-ring (bicyclic) bond motifs is 1. The number of hydrogen-bond acceptors (Lipinski definition) is 4. The third-order valence-corrected chi connectivity index (χ3v) is 4.91. The van der Waals surface area contributed by atoms with Crippen molar-refractivity contribution in [3.63, 3.8) is 0 Å². The van der Waals surface area contributed by atoms with Crippen molar-refractivity contribution in [3.05, 3.63) is 53.0 Å². The standard InChI is InChI=1S/C19H19N3S/c1-19(2,11-21)9-15-7-8-16-18(22-12-23-16)17(15)14-5-3-13(10-20)4-6-14/h3-8,12H,9,11,21H2,1-2H3. The van der Waals surface area contributed by atoms with E-state index in [1.807, 2.05) is 29.8 Å². The average molecular weight is 321 g/mol. The van der Waals surface area contributed by atoms with Gasteiger partial charge in [-0.05, 0) is 47.7 Å². The summed E-state index contributed by atoms with van der Waals surface area (Å²) >= 11 is 1.65. The summed E-state index contributed by atoms with van der Waals surface area (Å²) in [7, 11) is 0. The topological polar surface area (TPSA) is 62.7 Å². The van der Waals surface area contributed by atoms with Crippen LogP contribution < -0.4 is 5.73 Å². The van der Waals surface area contributed by atoms with Crippen LogP contribution in [0.15, 0.2) is 41.9 Å². The second kappa shape index (κ2) is 6.11. The first-order valence-corrected chi connectivity index (χ1v) is 8.48. The van der Waals surface area contributed by atoms with Gasteiger partial charge in [-0.3, -0.25) is 0 Å². The zero-order valence-electron chi connectivity index (χ0n) is 13.3. The Hall–Kier alpha value is -2.22. The Labute approximate surface area is 140 Å². The largest absolute Gasteiger partial charge is 0.330 e. The van der Waals surface area contributed by atoms with Crippen LogP contribution in [0.4, 0.5) is 0 Å². The number of nitriles is 1. The summed E-state index contributed by atoms with van der Waals surface area (Å²) in [6.07, 6.45) is 0.895. The molecule has 0 atom stereocenters. The van der Waals surface area contributed by atoms with Crippen LogP contribution in [0.5, 0.6) is 0 Å². The summed E-state index contributed by atoms with van der Waals surface area (Å²) in [4.78, 5) is 4.58. The van der Waals surface area contributed by atoms with E-state index in [1.165, 1.54) is 10.3 Å². The number of hydrogen-bond donors (Lipinski definition) is 1. The van der Waals surface area contributed by atoms with Crippen molar-refractivity contribution in [1.82, 2.24) is 4.98 Å². The van der Waals surface area contributed by atoms with Crippen LogP contribution in [0, 0.1) is 16.7 Å². The van der Waals surface area contributed by atoms with E-state index in [-0.39, 0.29) is 5.41 Å². The van der Waals surface area contributed by atoms with E-state index in [0.717, 1.165) is 23.1 Å². The highest BCUT2D eigenvalue weighted by Gasteiger charge is 2.20. The molecule has 1 heterocycles. The first-order valence-electron chi connectivity index (χ1n) is 7.60. The van der Waals surface area contributed by atoms with Crippen LogP contribution in [-0.4, -0.2) is 11.5 Å². The molecule has 3 aromatic rings. The summed E-state index contributed by atoms with van der Waals surface area (Å²) in [5, 5.41) is 9.00. The molecule has 2 N–H and O–H groups in total. The Kier molecular flexibility index (Phi) is 4.16. The number of rotatable bonds is 4. The van der Waals surface area contributed by atoms with Crippen molar-refractivity contribution in [1.29, 1.82) is 5.26 Å². The molecule has 0 amide bonds. The molecule has 0 unspecified atom stereocenters. The lowest BCUT2D eigenvalue weighted by Gasteiger charge is -2.24. The van der Waals surface area contributed by atoms with Gasteiger partial charge in [0.25, 0.3) is 0 Å². The first-order chi connectivity index (χ1) is 11.0. The van der Waals surface area contributed by atoms with Crippen LogP contribution in [0.2, 0.25) is 0 Å². The van der Waals surface area contributed by atoms with Crippen molar-refractivity contribution in [2.75, 3.05) is 6.54 Å². The molecule has 0 spiro atoms. The number of thiazole rings is 1. The molecule has 1 aromatic heterocycles. The molecule has 3 rings (SSSR count). The van der Waals surface area contributed by atoms with E-state index >= 15 is 0 Å². The van der Waals surface area contributed by atoms with E-state index in [9.17, 15) is 0 Å². The van der Waals surface area contributed by atoms with Gasteiger partial charge in [0.15, 0.2) is 0 Å². The second-order valence-electron chi connectivity index (χ2n) is 6.53. The summed E-state index contributed by atoms with van der Waals surface area (Å²) in [6, 6.07) is 14.2. The highest BCUT2D eigenvalue weighted by atomic mass is 32.1. The summed E-state index contributed by atoms with van der Waals surface area (Å²) in [6.45, 7) is 5.00. The van der Waals surface area contributed by atoms with Gasteiger partial charge in [0.1, 0.15) is 0 Å². The van der Waals surface area contributed by atoms with Gasteiger partial charge in [-0.2, -0.15) is 5.26 Å². The van der Waals surface area contributed by atoms with E-state index < -0.39 is 0 Å². The highest BCUT2D eigenvalue weighted by molar-refractivity contribution is 7.16. The fourth-order valence-electron chi connectivity index (χ4n) is 2.74. The van der Waals surface area contributed by atoms with Crippen LogP contribution in [-0.2, 0) is 6.42 Å². The van der Waals surface area contributed by atoms with E-state index in [1.54, 1.807) is 11.3 Å². The zero-order valence-corrected chi connectivity index (χ0v) is 14.2. The summed E-state index contributed by atoms with van der Waals surface area (Å²) in [5.41, 5.74) is 13.1. The predicted octanol–water partition coefficient (Wildman–Crippen LogP) is 4.36. The maximum absolute atomic E-state index is 9.00. The minimum absolute atomic E-state index is 0.0328. The van der Waals surface area contributed by atoms with Gasteiger partial charge in [-0.15, -0.1) is 11.3 Å². The van der Waals surface area contributed by atoms with Crippen LogP contribution in [0.1, 0.15) is 25.0 Å². The summed E-state index contributed by atoms with van der Waals surface area (Å²) in [5.74, 6) is 0. The Balaban J connectivity index is 2.18. The van der Waals surface area contributed by atoms with Crippen molar-refractivity contribution in [2.24, 2.45) is 11.1 Å². The Bertz CT molecular complexity index is 870. The molecule has 0 fully saturated rings. The average Bonchev–Trinajstić information content (AvgIpc) is 3.03. The molecule has 2 aromatic carbocycles. The second-order valence-corrected chi connectivity index (χ2v) is 7.42. The zero-order chi connectivity index (χ0) is 16.4. The van der Waals surface area contributed by atoms with Crippen LogP contribution in [0.25, 0.3) is 21.3 Å². The molecule has 4 heteroatoms. The van der Waals surface area contributed by atoms with Crippen molar-refractivity contribution >= 4 is 21.6 Å². The minimum atomic E-state index is 0.0328. The molecular formula is C19H19N3S. The molecule has 0 aliphatic carbocycles. The van der Waals surface area contributed by atoms with Gasteiger partial charge in [-0.25, -0.2) is 4.98 Å². The molecule has 116 valence electrons. The fraction of sp³-hybridized carbons (Fsp3) is 0.263. The van der Waals surface area contributed by atoms with Crippen molar-refractivity contribution in [2.45, 2.75) is 20.3 Å².